The molecule has 0 aliphatic heterocycles. The number of amides is 2. The van der Waals surface area contributed by atoms with Crippen LogP contribution >= 0.6 is 0 Å². The summed E-state index contributed by atoms with van der Waals surface area (Å²) >= 11 is 0. The molecule has 1 atom stereocenters. The zero-order valence-corrected chi connectivity index (χ0v) is 21.5. The van der Waals surface area contributed by atoms with Crippen molar-refractivity contribution in [2.24, 2.45) is 5.10 Å². The predicted molar refractivity (Wildman–Crippen MR) is 144 cm³/mol. The van der Waals surface area contributed by atoms with Gasteiger partial charge in [-0.2, -0.15) is 5.10 Å². The summed E-state index contributed by atoms with van der Waals surface area (Å²) in [5.74, 6) is -0.277. The van der Waals surface area contributed by atoms with Gasteiger partial charge in [-0.05, 0) is 60.9 Å². The second-order valence-electron chi connectivity index (χ2n) is 8.25. The molecule has 2 N–H and O–H groups in total. The van der Waals surface area contributed by atoms with E-state index in [4.69, 9.17) is 4.74 Å². The fourth-order valence-corrected chi connectivity index (χ4v) is 4.66. The number of nitrogens with one attached hydrogen (secondary N) is 2. The van der Waals surface area contributed by atoms with Gasteiger partial charge in [0.1, 0.15) is 11.8 Å². The van der Waals surface area contributed by atoms with Gasteiger partial charge in [-0.25, -0.2) is 13.8 Å². The van der Waals surface area contributed by atoms with Crippen LogP contribution < -0.4 is 19.8 Å². The Bertz CT molecular complexity index is 1300. The lowest BCUT2D eigenvalue weighted by Gasteiger charge is -2.27. The van der Waals surface area contributed by atoms with Crippen molar-refractivity contribution in [3.8, 4) is 5.75 Å². The fraction of sp³-hybridized carbons (Fsp3) is 0.222. The van der Waals surface area contributed by atoms with E-state index >= 15 is 0 Å². The Hall–Kier alpha value is -4.18. The number of hydrogen-bond acceptors (Lipinski definition) is 6. The van der Waals surface area contributed by atoms with Crippen molar-refractivity contribution in [2.75, 3.05) is 23.7 Å². The molecule has 3 aromatic carbocycles. The number of anilines is 1. The van der Waals surface area contributed by atoms with Gasteiger partial charge < -0.3 is 10.1 Å². The van der Waals surface area contributed by atoms with E-state index in [9.17, 15) is 18.0 Å². The van der Waals surface area contributed by atoms with Crippen LogP contribution in [0.1, 0.15) is 18.1 Å². The molecule has 0 unspecified atom stereocenters. The highest BCUT2D eigenvalue weighted by molar-refractivity contribution is 7.92. The summed E-state index contributed by atoms with van der Waals surface area (Å²) in [6.07, 6.45) is 3.22. The lowest BCUT2D eigenvalue weighted by atomic mass is 10.1. The van der Waals surface area contributed by atoms with E-state index in [2.05, 4.69) is 15.8 Å². The van der Waals surface area contributed by atoms with Gasteiger partial charge in [0.25, 0.3) is 11.8 Å². The molecule has 0 radical (unpaired) electrons. The number of carbonyl (C=O) groups is 2. The monoisotopic (exact) mass is 522 g/mol. The van der Waals surface area contributed by atoms with E-state index in [1.807, 2.05) is 30.3 Å². The van der Waals surface area contributed by atoms with Gasteiger partial charge in [-0.3, -0.25) is 13.9 Å². The number of nitrogens with zero attached hydrogens (tertiary/aromatic N) is 2. The van der Waals surface area contributed by atoms with Crippen molar-refractivity contribution < 1.29 is 22.7 Å². The number of ether oxygens (including phenoxy) is 1. The largest absolute Gasteiger partial charge is 0.484 e. The molecule has 0 spiro atoms. The maximum atomic E-state index is 12.6. The van der Waals surface area contributed by atoms with Gasteiger partial charge in [0.2, 0.25) is 10.0 Å². The van der Waals surface area contributed by atoms with Crippen LogP contribution in [0.25, 0.3) is 0 Å². The number of para-hydroxylation sites is 1. The lowest BCUT2D eigenvalue weighted by Crippen LogP contribution is -2.46. The summed E-state index contributed by atoms with van der Waals surface area (Å²) in [5, 5.41) is 6.75. The zero-order chi connectivity index (χ0) is 26.7. The summed E-state index contributed by atoms with van der Waals surface area (Å²) in [7, 11) is -3.70. The summed E-state index contributed by atoms with van der Waals surface area (Å²) < 4.78 is 31.1. The number of hydrogen-bond donors (Lipinski definition) is 2. The molecule has 0 aromatic heterocycles. The van der Waals surface area contributed by atoms with Gasteiger partial charge in [-0.1, -0.05) is 48.5 Å². The van der Waals surface area contributed by atoms with Crippen molar-refractivity contribution >= 4 is 33.7 Å². The molecule has 0 bridgehead atoms. The van der Waals surface area contributed by atoms with Gasteiger partial charge in [-0.15, -0.1) is 0 Å². The molecular weight excluding hydrogens is 492 g/mol. The Morgan fingerprint density at radius 3 is 2.22 bits per heavy atom. The summed E-state index contributed by atoms with van der Waals surface area (Å²) in [6.45, 7) is 1.91. The molecule has 9 nitrogen and oxygen atoms in total. The predicted octanol–water partition coefficient (Wildman–Crippen LogP) is 2.73. The van der Waals surface area contributed by atoms with Gasteiger partial charge in [0.05, 0.1) is 18.2 Å². The first kappa shape index (κ1) is 27.4. The molecule has 0 saturated heterocycles. The minimum absolute atomic E-state index is 0.103. The van der Waals surface area contributed by atoms with E-state index in [0.29, 0.717) is 23.5 Å². The first-order valence-corrected chi connectivity index (χ1v) is 13.5. The number of rotatable bonds is 12. The molecule has 10 heteroatoms. The van der Waals surface area contributed by atoms with Crippen LogP contribution in [-0.4, -0.2) is 51.9 Å². The van der Waals surface area contributed by atoms with Crippen LogP contribution in [0.3, 0.4) is 0 Å². The highest BCUT2D eigenvalue weighted by atomic mass is 32.2. The van der Waals surface area contributed by atoms with E-state index in [-0.39, 0.29) is 12.5 Å². The quantitative estimate of drug-likeness (QED) is 0.280. The lowest BCUT2D eigenvalue weighted by molar-refractivity contribution is -0.123. The molecule has 0 aliphatic rings. The highest BCUT2D eigenvalue weighted by Gasteiger charge is 2.28. The van der Waals surface area contributed by atoms with Gasteiger partial charge >= 0.3 is 0 Å². The third kappa shape index (κ3) is 8.76. The number of carbonyl (C=O) groups excluding carboxylic acids is 2. The van der Waals surface area contributed by atoms with Crippen LogP contribution in [0.2, 0.25) is 0 Å². The molecule has 3 aromatic rings. The summed E-state index contributed by atoms with van der Waals surface area (Å²) in [6, 6.07) is 24.1. The molecule has 0 fully saturated rings. The van der Waals surface area contributed by atoms with Crippen molar-refractivity contribution in [2.45, 2.75) is 19.4 Å². The van der Waals surface area contributed by atoms with Crippen LogP contribution in [0, 0.1) is 0 Å². The summed E-state index contributed by atoms with van der Waals surface area (Å²) in [5.41, 5.74) is 4.59. The van der Waals surface area contributed by atoms with Crippen LogP contribution in [0.4, 0.5) is 5.69 Å². The number of hydrazone groups is 1. The highest BCUT2D eigenvalue weighted by Crippen LogP contribution is 2.20. The number of sulfonamides is 1. The first-order chi connectivity index (χ1) is 17.7. The minimum Gasteiger partial charge on any atom is -0.484 e. The topological polar surface area (TPSA) is 117 Å². The van der Waals surface area contributed by atoms with E-state index < -0.39 is 22.0 Å². The third-order valence-corrected chi connectivity index (χ3v) is 6.56. The average molecular weight is 523 g/mol. The second kappa shape index (κ2) is 13.2. The minimum atomic E-state index is -3.70. The fourth-order valence-electron chi connectivity index (χ4n) is 3.49. The zero-order valence-electron chi connectivity index (χ0n) is 20.7. The maximum Gasteiger partial charge on any atom is 0.263 e. The van der Waals surface area contributed by atoms with Crippen molar-refractivity contribution in [1.82, 2.24) is 10.7 Å². The Labute approximate surface area is 217 Å². The van der Waals surface area contributed by atoms with Gasteiger partial charge in [0.15, 0.2) is 6.61 Å². The maximum absolute atomic E-state index is 12.6. The third-order valence-electron chi connectivity index (χ3n) is 5.32. The first-order valence-electron chi connectivity index (χ1n) is 11.6. The van der Waals surface area contributed by atoms with Crippen LogP contribution in [0.15, 0.2) is 90.0 Å². The SMILES string of the molecule is C[C@@H](C(=O)N/N=C\c1ccc(OCC(=O)NCCc2ccccc2)cc1)N(c1ccccc1)S(C)(=O)=O. The van der Waals surface area contributed by atoms with Crippen LogP contribution in [-0.2, 0) is 26.0 Å². The van der Waals surface area contributed by atoms with E-state index in [0.717, 1.165) is 22.5 Å². The standard InChI is InChI=1S/C27H30N4O5S/c1-21(31(37(2,34)35)24-11-7-4-8-12-24)27(33)30-29-19-23-13-15-25(16-14-23)36-20-26(32)28-18-17-22-9-5-3-6-10-22/h3-16,19,21H,17-18,20H2,1-2H3,(H,28,32)(H,30,33)/b29-19-/t21-/m0/s1. The molecule has 2 amide bonds. The Balaban J connectivity index is 1.45. The molecule has 37 heavy (non-hydrogen) atoms. The van der Waals surface area contributed by atoms with Crippen molar-refractivity contribution in [3.05, 3.63) is 96.1 Å². The van der Waals surface area contributed by atoms with E-state index in [1.54, 1.807) is 54.6 Å². The normalized spacial score (nSPS) is 12.1. The van der Waals surface area contributed by atoms with Crippen LogP contribution in [0.5, 0.6) is 5.75 Å². The molecule has 194 valence electrons. The molecule has 0 aliphatic carbocycles. The Morgan fingerprint density at radius 1 is 0.973 bits per heavy atom. The molecule has 0 saturated carbocycles. The smallest absolute Gasteiger partial charge is 0.263 e. The second-order valence-corrected chi connectivity index (χ2v) is 10.1. The molecule has 3 rings (SSSR count). The van der Waals surface area contributed by atoms with Gasteiger partial charge in [0, 0.05) is 6.54 Å². The average Bonchev–Trinajstić information content (AvgIpc) is 2.88. The summed E-state index contributed by atoms with van der Waals surface area (Å²) in [4.78, 5) is 24.6. The van der Waals surface area contributed by atoms with Crippen molar-refractivity contribution in [1.29, 1.82) is 0 Å². The molecule has 0 heterocycles. The Kier molecular flexibility index (Phi) is 9.79. The molecular formula is C27H30N4O5S. The Morgan fingerprint density at radius 2 is 1.59 bits per heavy atom. The number of benzene rings is 3. The van der Waals surface area contributed by atoms with E-state index in [1.165, 1.54) is 13.1 Å². The van der Waals surface area contributed by atoms with Crippen molar-refractivity contribution in [3.63, 3.8) is 0 Å².